The van der Waals surface area contributed by atoms with Crippen molar-refractivity contribution in [1.29, 1.82) is 0 Å². The monoisotopic (exact) mass is 183 g/mol. The normalized spacial score (nSPS) is 12.9. The highest BCUT2D eigenvalue weighted by Gasteiger charge is 2.13. The minimum absolute atomic E-state index is 0.356. The van der Waals surface area contributed by atoms with E-state index in [0.29, 0.717) is 18.5 Å². The Labute approximate surface area is 77.2 Å². The lowest BCUT2D eigenvalue weighted by atomic mass is 10.0. The van der Waals surface area contributed by atoms with Crippen LogP contribution in [-0.2, 0) is 0 Å². The molecule has 0 aromatic heterocycles. The van der Waals surface area contributed by atoms with Crippen molar-refractivity contribution < 1.29 is 9.50 Å². The molecule has 0 aliphatic heterocycles. The van der Waals surface area contributed by atoms with Gasteiger partial charge in [0.25, 0.3) is 0 Å². The van der Waals surface area contributed by atoms with Crippen molar-refractivity contribution in [2.24, 2.45) is 5.73 Å². The van der Waals surface area contributed by atoms with Crippen molar-refractivity contribution in [2.75, 3.05) is 6.54 Å². The molecule has 0 saturated heterocycles. The average molecular weight is 183 g/mol. The largest absolute Gasteiger partial charge is 0.388 e. The Kier molecular flexibility index (Phi) is 3.39. The molecule has 0 heterocycles. The van der Waals surface area contributed by atoms with E-state index in [2.05, 4.69) is 0 Å². The molecule has 0 bridgehead atoms. The van der Waals surface area contributed by atoms with Crippen LogP contribution in [0.15, 0.2) is 18.2 Å². The van der Waals surface area contributed by atoms with E-state index in [9.17, 15) is 9.50 Å². The summed E-state index contributed by atoms with van der Waals surface area (Å²) >= 11 is 0. The van der Waals surface area contributed by atoms with Crippen molar-refractivity contribution in [2.45, 2.75) is 19.4 Å². The second kappa shape index (κ2) is 4.35. The summed E-state index contributed by atoms with van der Waals surface area (Å²) in [5, 5.41) is 9.56. The number of benzene rings is 1. The van der Waals surface area contributed by atoms with E-state index in [4.69, 9.17) is 5.73 Å². The van der Waals surface area contributed by atoms with Crippen molar-refractivity contribution in [3.63, 3.8) is 0 Å². The fourth-order valence-electron chi connectivity index (χ4n) is 1.37. The van der Waals surface area contributed by atoms with Crippen LogP contribution in [0, 0.1) is 12.7 Å². The number of hydrogen-bond donors (Lipinski definition) is 2. The van der Waals surface area contributed by atoms with Crippen LogP contribution >= 0.6 is 0 Å². The van der Waals surface area contributed by atoms with E-state index in [1.54, 1.807) is 19.1 Å². The maximum atomic E-state index is 13.2. The molecule has 72 valence electrons. The first kappa shape index (κ1) is 10.2. The van der Waals surface area contributed by atoms with Crippen molar-refractivity contribution >= 4 is 0 Å². The molecule has 1 aromatic carbocycles. The van der Waals surface area contributed by atoms with Gasteiger partial charge in [0.05, 0.1) is 6.10 Å². The summed E-state index contributed by atoms with van der Waals surface area (Å²) in [6.07, 6.45) is -0.395. The lowest BCUT2D eigenvalue weighted by Crippen LogP contribution is -2.09. The zero-order valence-corrected chi connectivity index (χ0v) is 7.63. The summed E-state index contributed by atoms with van der Waals surface area (Å²) in [5.74, 6) is -0.360. The molecule has 1 aromatic rings. The molecule has 0 saturated carbocycles. The van der Waals surface area contributed by atoms with Gasteiger partial charge < -0.3 is 10.8 Å². The summed E-state index contributed by atoms with van der Waals surface area (Å²) < 4.78 is 13.2. The first-order valence-corrected chi connectivity index (χ1v) is 4.30. The molecule has 0 fully saturated rings. The van der Waals surface area contributed by atoms with Gasteiger partial charge in [-0.2, -0.15) is 0 Å². The number of aliphatic hydroxyl groups is 1. The molecule has 13 heavy (non-hydrogen) atoms. The SMILES string of the molecule is Cc1cccc(F)c1[C@H](O)CCN. The van der Waals surface area contributed by atoms with E-state index >= 15 is 0 Å². The third kappa shape index (κ3) is 2.26. The number of aryl methyl sites for hydroxylation is 1. The van der Waals surface area contributed by atoms with Crippen LogP contribution in [0.5, 0.6) is 0 Å². The molecule has 0 radical (unpaired) electrons. The third-order valence-electron chi connectivity index (χ3n) is 2.04. The molecule has 0 amide bonds. The van der Waals surface area contributed by atoms with Crippen LogP contribution in [0.3, 0.4) is 0 Å². The zero-order chi connectivity index (χ0) is 9.84. The van der Waals surface area contributed by atoms with E-state index in [1.165, 1.54) is 6.07 Å². The molecule has 0 aliphatic carbocycles. The van der Waals surface area contributed by atoms with Crippen molar-refractivity contribution in [3.05, 3.63) is 35.1 Å². The first-order chi connectivity index (χ1) is 6.16. The molecule has 1 rings (SSSR count). The van der Waals surface area contributed by atoms with Gasteiger partial charge in [0.1, 0.15) is 5.82 Å². The van der Waals surface area contributed by atoms with Crippen LogP contribution in [0.25, 0.3) is 0 Å². The van der Waals surface area contributed by atoms with Gasteiger partial charge in [-0.25, -0.2) is 4.39 Å². The molecule has 0 aliphatic rings. The van der Waals surface area contributed by atoms with Gasteiger partial charge in [0, 0.05) is 5.56 Å². The topological polar surface area (TPSA) is 46.2 Å². The van der Waals surface area contributed by atoms with Crippen LogP contribution in [0.1, 0.15) is 23.7 Å². The van der Waals surface area contributed by atoms with Gasteiger partial charge in [0.15, 0.2) is 0 Å². The molecule has 2 nitrogen and oxygen atoms in total. The van der Waals surface area contributed by atoms with Gasteiger partial charge in [-0.15, -0.1) is 0 Å². The van der Waals surface area contributed by atoms with E-state index in [-0.39, 0.29) is 5.82 Å². The zero-order valence-electron chi connectivity index (χ0n) is 7.63. The number of hydrogen-bond acceptors (Lipinski definition) is 2. The van der Waals surface area contributed by atoms with Gasteiger partial charge in [-0.3, -0.25) is 0 Å². The second-order valence-corrected chi connectivity index (χ2v) is 3.06. The highest BCUT2D eigenvalue weighted by Crippen LogP contribution is 2.22. The van der Waals surface area contributed by atoms with Crippen LogP contribution in [-0.4, -0.2) is 11.7 Å². The maximum absolute atomic E-state index is 13.2. The standard InChI is InChI=1S/C10H14FNO/c1-7-3-2-4-8(11)10(7)9(13)5-6-12/h2-4,9,13H,5-6,12H2,1H3/t9-/m1/s1. The quantitative estimate of drug-likeness (QED) is 0.746. The number of aliphatic hydroxyl groups excluding tert-OH is 1. The Morgan fingerprint density at radius 1 is 1.54 bits per heavy atom. The fraction of sp³-hybridized carbons (Fsp3) is 0.400. The maximum Gasteiger partial charge on any atom is 0.129 e. The molecule has 3 N–H and O–H groups in total. The second-order valence-electron chi connectivity index (χ2n) is 3.06. The Morgan fingerprint density at radius 2 is 2.23 bits per heavy atom. The minimum atomic E-state index is -0.786. The van der Waals surface area contributed by atoms with Crippen LogP contribution < -0.4 is 5.73 Å². The summed E-state index contributed by atoms with van der Waals surface area (Å²) in [6.45, 7) is 2.13. The predicted molar refractivity (Wildman–Crippen MR) is 49.8 cm³/mol. The average Bonchev–Trinajstić information content (AvgIpc) is 2.04. The third-order valence-corrected chi connectivity index (χ3v) is 2.04. The Balaban J connectivity index is 2.98. The highest BCUT2D eigenvalue weighted by atomic mass is 19.1. The van der Waals surface area contributed by atoms with Crippen LogP contribution in [0.4, 0.5) is 4.39 Å². The summed E-state index contributed by atoms with van der Waals surface area (Å²) in [4.78, 5) is 0. The Hall–Kier alpha value is -0.930. The lowest BCUT2D eigenvalue weighted by molar-refractivity contribution is 0.165. The first-order valence-electron chi connectivity index (χ1n) is 4.30. The predicted octanol–water partition coefficient (Wildman–Crippen LogP) is 1.52. The Morgan fingerprint density at radius 3 is 2.77 bits per heavy atom. The lowest BCUT2D eigenvalue weighted by Gasteiger charge is -2.13. The summed E-state index contributed by atoms with van der Waals surface area (Å²) in [5.41, 5.74) is 6.42. The molecule has 3 heteroatoms. The molecule has 0 unspecified atom stereocenters. The van der Waals surface area contributed by atoms with Crippen LogP contribution in [0.2, 0.25) is 0 Å². The molecular weight excluding hydrogens is 169 g/mol. The van der Waals surface area contributed by atoms with Gasteiger partial charge in [-0.05, 0) is 31.5 Å². The fourth-order valence-corrected chi connectivity index (χ4v) is 1.37. The van der Waals surface area contributed by atoms with Crippen molar-refractivity contribution in [3.8, 4) is 0 Å². The van der Waals surface area contributed by atoms with E-state index in [1.807, 2.05) is 0 Å². The van der Waals surface area contributed by atoms with E-state index in [0.717, 1.165) is 5.56 Å². The number of halogens is 1. The molecule has 0 spiro atoms. The number of rotatable bonds is 3. The Bertz CT molecular complexity index is 268. The van der Waals surface area contributed by atoms with Gasteiger partial charge in [-0.1, -0.05) is 12.1 Å². The highest BCUT2D eigenvalue weighted by molar-refractivity contribution is 5.29. The van der Waals surface area contributed by atoms with Crippen molar-refractivity contribution in [1.82, 2.24) is 0 Å². The minimum Gasteiger partial charge on any atom is -0.388 e. The summed E-state index contributed by atoms with van der Waals surface area (Å²) in [7, 11) is 0. The van der Waals surface area contributed by atoms with Gasteiger partial charge in [0.2, 0.25) is 0 Å². The summed E-state index contributed by atoms with van der Waals surface area (Å²) in [6, 6.07) is 4.75. The molecule has 1 atom stereocenters. The molecular formula is C10H14FNO. The number of nitrogens with two attached hydrogens (primary N) is 1. The smallest absolute Gasteiger partial charge is 0.129 e. The van der Waals surface area contributed by atoms with E-state index < -0.39 is 6.10 Å². The van der Waals surface area contributed by atoms with Gasteiger partial charge >= 0.3 is 0 Å².